The van der Waals surface area contributed by atoms with Gasteiger partial charge < -0.3 is 20.4 Å². The van der Waals surface area contributed by atoms with Gasteiger partial charge in [-0.15, -0.1) is 0 Å². The summed E-state index contributed by atoms with van der Waals surface area (Å²) in [4.78, 5) is 38.6. The van der Waals surface area contributed by atoms with Crippen molar-refractivity contribution >= 4 is 44.4 Å². The summed E-state index contributed by atoms with van der Waals surface area (Å²) in [6.07, 6.45) is 1.78. The lowest BCUT2D eigenvalue weighted by Crippen LogP contribution is -2.48. The Morgan fingerprint density at radius 3 is 2.47 bits per heavy atom. The zero-order valence-corrected chi connectivity index (χ0v) is 17.8. The average molecular weight is 425 g/mol. The zero-order chi connectivity index (χ0) is 21.1. The van der Waals surface area contributed by atoms with Crippen LogP contribution in [0.5, 0.6) is 0 Å². The van der Waals surface area contributed by atoms with Crippen LogP contribution < -0.4 is 15.5 Å². The summed E-state index contributed by atoms with van der Waals surface area (Å²) in [5.41, 5.74) is 2.17. The minimum Gasteiger partial charge on any atom is -0.344 e. The van der Waals surface area contributed by atoms with E-state index in [9.17, 15) is 9.59 Å². The van der Waals surface area contributed by atoms with E-state index in [1.807, 2.05) is 30.9 Å². The van der Waals surface area contributed by atoms with Gasteiger partial charge in [0.25, 0.3) is 5.91 Å². The molecule has 30 heavy (non-hydrogen) atoms. The van der Waals surface area contributed by atoms with Crippen molar-refractivity contribution in [1.82, 2.24) is 20.2 Å². The van der Waals surface area contributed by atoms with Crippen molar-refractivity contribution in [2.24, 2.45) is 0 Å². The van der Waals surface area contributed by atoms with Gasteiger partial charge in [0, 0.05) is 49.7 Å². The fourth-order valence-corrected chi connectivity index (χ4v) is 4.26. The number of anilines is 2. The van der Waals surface area contributed by atoms with Crippen molar-refractivity contribution in [3.63, 3.8) is 0 Å². The minimum atomic E-state index is -0.259. The molecule has 1 aliphatic heterocycles. The minimum absolute atomic E-state index is 0.00111. The van der Waals surface area contributed by atoms with Crippen LogP contribution in [0.3, 0.4) is 0 Å². The smallest absolute Gasteiger partial charge is 0.319 e. The second-order valence-corrected chi connectivity index (χ2v) is 8.39. The molecule has 2 N–H and O–H groups in total. The SMILES string of the molecule is CC(C)NC(=O)Nc1ccc(C(=O)N2CCN(c3nc4cccnc4s3)CC2)cc1. The topological polar surface area (TPSA) is 90.5 Å². The number of aromatic nitrogens is 2. The first-order chi connectivity index (χ1) is 14.5. The molecular formula is C21H24N6O2S. The van der Waals surface area contributed by atoms with Crippen molar-refractivity contribution in [3.05, 3.63) is 48.2 Å². The van der Waals surface area contributed by atoms with Crippen molar-refractivity contribution in [1.29, 1.82) is 0 Å². The molecule has 4 rings (SSSR count). The number of carbonyl (C=O) groups is 2. The highest BCUT2D eigenvalue weighted by molar-refractivity contribution is 7.21. The number of piperazine rings is 1. The van der Waals surface area contributed by atoms with Gasteiger partial charge in [-0.1, -0.05) is 11.3 Å². The molecule has 1 saturated heterocycles. The molecule has 156 valence electrons. The van der Waals surface area contributed by atoms with E-state index in [2.05, 4.69) is 25.5 Å². The lowest BCUT2D eigenvalue weighted by atomic mass is 10.1. The van der Waals surface area contributed by atoms with Gasteiger partial charge in [-0.3, -0.25) is 4.79 Å². The summed E-state index contributed by atoms with van der Waals surface area (Å²) >= 11 is 1.58. The molecule has 3 heterocycles. The van der Waals surface area contributed by atoms with Crippen LogP contribution in [0.15, 0.2) is 42.6 Å². The van der Waals surface area contributed by atoms with Crippen LogP contribution in [0.1, 0.15) is 24.2 Å². The molecule has 0 bridgehead atoms. The fraction of sp³-hybridized carbons (Fsp3) is 0.333. The number of nitrogens with zero attached hydrogens (tertiary/aromatic N) is 4. The number of amides is 3. The normalized spacial score (nSPS) is 14.2. The first kappa shape index (κ1) is 20.1. The van der Waals surface area contributed by atoms with Crippen LogP contribution >= 0.6 is 11.3 Å². The van der Waals surface area contributed by atoms with Crippen LogP contribution in [-0.2, 0) is 0 Å². The molecule has 1 aromatic carbocycles. The largest absolute Gasteiger partial charge is 0.344 e. The number of urea groups is 1. The molecule has 8 nitrogen and oxygen atoms in total. The number of carbonyl (C=O) groups excluding carboxylic acids is 2. The molecule has 0 spiro atoms. The molecule has 3 amide bonds. The molecule has 0 unspecified atom stereocenters. The van der Waals surface area contributed by atoms with Crippen LogP contribution in [-0.4, -0.2) is 59.0 Å². The highest BCUT2D eigenvalue weighted by Gasteiger charge is 2.24. The fourth-order valence-electron chi connectivity index (χ4n) is 3.30. The average Bonchev–Trinajstić information content (AvgIpc) is 3.17. The van der Waals surface area contributed by atoms with E-state index in [0.29, 0.717) is 24.3 Å². The number of rotatable bonds is 4. The summed E-state index contributed by atoms with van der Waals surface area (Å²) < 4.78 is 0. The first-order valence-electron chi connectivity index (χ1n) is 9.93. The predicted molar refractivity (Wildman–Crippen MR) is 119 cm³/mol. The Kier molecular flexibility index (Phi) is 5.80. The summed E-state index contributed by atoms with van der Waals surface area (Å²) in [6, 6.07) is 10.6. The van der Waals surface area contributed by atoms with Gasteiger partial charge >= 0.3 is 6.03 Å². The Bertz CT molecular complexity index is 1010. The van der Waals surface area contributed by atoms with Crippen molar-refractivity contribution in [2.75, 3.05) is 36.4 Å². The Balaban J connectivity index is 1.34. The molecule has 2 aromatic heterocycles. The molecule has 0 radical (unpaired) electrons. The second-order valence-electron chi connectivity index (χ2n) is 7.43. The molecule has 1 fully saturated rings. The number of pyridine rings is 1. The van der Waals surface area contributed by atoms with Crippen LogP contribution in [0.4, 0.5) is 15.6 Å². The van der Waals surface area contributed by atoms with Crippen LogP contribution in [0.2, 0.25) is 0 Å². The molecular weight excluding hydrogens is 400 g/mol. The van der Waals surface area contributed by atoms with Gasteiger partial charge in [0.1, 0.15) is 10.3 Å². The standard InChI is InChI=1S/C21H24N6O2S/c1-14(2)23-20(29)24-16-7-5-15(6-8-16)19(28)26-10-12-27(13-11-26)21-25-17-4-3-9-22-18(17)30-21/h3-9,14H,10-13H2,1-2H3,(H2,23,24,29). The maximum Gasteiger partial charge on any atom is 0.319 e. The van der Waals surface area contributed by atoms with Gasteiger partial charge in [-0.2, -0.15) is 0 Å². The van der Waals surface area contributed by atoms with E-state index < -0.39 is 0 Å². The summed E-state index contributed by atoms with van der Waals surface area (Å²) in [6.45, 7) is 6.54. The summed E-state index contributed by atoms with van der Waals surface area (Å²) in [7, 11) is 0. The monoisotopic (exact) mass is 424 g/mol. The third-order valence-electron chi connectivity index (χ3n) is 4.80. The van der Waals surface area contributed by atoms with Crippen molar-refractivity contribution < 1.29 is 9.59 Å². The van der Waals surface area contributed by atoms with E-state index in [4.69, 9.17) is 0 Å². The summed E-state index contributed by atoms with van der Waals surface area (Å²) in [5, 5.41) is 6.48. The Morgan fingerprint density at radius 2 is 1.80 bits per heavy atom. The van der Waals surface area contributed by atoms with E-state index in [-0.39, 0.29) is 18.0 Å². The molecule has 0 aliphatic carbocycles. The quantitative estimate of drug-likeness (QED) is 0.671. The van der Waals surface area contributed by atoms with Crippen molar-refractivity contribution in [3.8, 4) is 0 Å². The van der Waals surface area contributed by atoms with Gasteiger partial charge in [0.15, 0.2) is 5.13 Å². The third-order valence-corrected chi connectivity index (χ3v) is 5.84. The van der Waals surface area contributed by atoms with Gasteiger partial charge in [0.2, 0.25) is 0 Å². The summed E-state index contributed by atoms with van der Waals surface area (Å²) in [5.74, 6) is -0.00111. The third kappa shape index (κ3) is 4.51. The molecule has 1 aliphatic rings. The first-order valence-corrected chi connectivity index (χ1v) is 10.7. The maximum atomic E-state index is 12.8. The predicted octanol–water partition coefficient (Wildman–Crippen LogP) is 3.18. The maximum absolute atomic E-state index is 12.8. The van der Waals surface area contributed by atoms with E-state index in [1.54, 1.807) is 41.8 Å². The molecule has 0 atom stereocenters. The number of nitrogens with one attached hydrogen (secondary N) is 2. The highest BCUT2D eigenvalue weighted by Crippen LogP contribution is 2.27. The number of benzene rings is 1. The van der Waals surface area contributed by atoms with Gasteiger partial charge in [-0.25, -0.2) is 14.8 Å². The Labute approximate surface area is 178 Å². The molecule has 9 heteroatoms. The van der Waals surface area contributed by atoms with Gasteiger partial charge in [-0.05, 0) is 50.2 Å². The highest BCUT2D eigenvalue weighted by atomic mass is 32.1. The van der Waals surface area contributed by atoms with Gasteiger partial charge in [0.05, 0.1) is 0 Å². The second kappa shape index (κ2) is 8.66. The zero-order valence-electron chi connectivity index (χ0n) is 17.0. The molecule has 0 saturated carbocycles. The van der Waals surface area contributed by atoms with E-state index in [1.165, 1.54) is 0 Å². The number of fused-ring (bicyclic) bond motifs is 1. The number of hydrogen-bond acceptors (Lipinski definition) is 6. The van der Waals surface area contributed by atoms with Crippen LogP contribution in [0.25, 0.3) is 10.3 Å². The van der Waals surface area contributed by atoms with Crippen LogP contribution in [0, 0.1) is 0 Å². The number of hydrogen-bond donors (Lipinski definition) is 2. The van der Waals surface area contributed by atoms with E-state index >= 15 is 0 Å². The Morgan fingerprint density at radius 1 is 1.07 bits per heavy atom. The number of thiazole rings is 1. The lowest BCUT2D eigenvalue weighted by molar-refractivity contribution is 0.0747. The van der Waals surface area contributed by atoms with Crippen molar-refractivity contribution in [2.45, 2.75) is 19.9 Å². The Hall–Kier alpha value is -3.20. The molecule has 3 aromatic rings. The lowest BCUT2D eigenvalue weighted by Gasteiger charge is -2.34. The van der Waals surface area contributed by atoms with E-state index in [0.717, 1.165) is 28.6 Å².